The number of hydrogen-bond donors (Lipinski definition) is 1. The van der Waals surface area contributed by atoms with Crippen molar-refractivity contribution in [2.75, 3.05) is 31.1 Å². The van der Waals surface area contributed by atoms with Crippen LogP contribution in [0.2, 0.25) is 0 Å². The zero-order chi connectivity index (χ0) is 20.5. The minimum atomic E-state index is 0.121. The van der Waals surface area contributed by atoms with E-state index in [2.05, 4.69) is 48.4 Å². The molecular formula is C20H24N6O2S2. The highest BCUT2D eigenvalue weighted by Gasteiger charge is 2.35. The van der Waals surface area contributed by atoms with Gasteiger partial charge in [-0.25, -0.2) is 15.4 Å². The van der Waals surface area contributed by atoms with Crippen LogP contribution >= 0.6 is 23.9 Å². The zero-order valence-electron chi connectivity index (χ0n) is 16.7. The Kier molecular flexibility index (Phi) is 5.72. The van der Waals surface area contributed by atoms with Gasteiger partial charge in [-0.1, -0.05) is 12.1 Å². The summed E-state index contributed by atoms with van der Waals surface area (Å²) in [5.41, 5.74) is 3.57. The van der Waals surface area contributed by atoms with Crippen molar-refractivity contribution in [3.8, 4) is 5.88 Å². The number of hydrogen-bond acceptors (Lipinski definition) is 9. The summed E-state index contributed by atoms with van der Waals surface area (Å²) in [6.07, 6.45) is 5.37. The van der Waals surface area contributed by atoms with Crippen LogP contribution in [0.1, 0.15) is 19.8 Å². The van der Waals surface area contributed by atoms with E-state index in [4.69, 9.17) is 4.74 Å². The zero-order valence-corrected chi connectivity index (χ0v) is 18.4. The molecular weight excluding hydrogens is 420 g/mol. The van der Waals surface area contributed by atoms with Gasteiger partial charge in [-0.15, -0.1) is 3.82 Å². The number of fused-ring (bicyclic) bond motifs is 1. The van der Waals surface area contributed by atoms with Crippen molar-refractivity contribution in [2.24, 2.45) is 0 Å². The maximum atomic E-state index is 11.6. The van der Waals surface area contributed by atoms with Crippen LogP contribution in [-0.4, -0.2) is 62.9 Å². The molecule has 30 heavy (non-hydrogen) atoms. The minimum absolute atomic E-state index is 0.121. The Labute approximate surface area is 184 Å². The fourth-order valence-corrected chi connectivity index (χ4v) is 5.99. The smallest absolute Gasteiger partial charge is 0.257 e. The lowest BCUT2D eigenvalue weighted by Gasteiger charge is -2.38. The summed E-state index contributed by atoms with van der Waals surface area (Å²) in [7, 11) is 0. The van der Waals surface area contributed by atoms with Crippen molar-refractivity contribution >= 4 is 35.6 Å². The first-order valence-corrected chi connectivity index (χ1v) is 11.7. The average molecular weight is 445 g/mol. The molecule has 0 atom stereocenters. The van der Waals surface area contributed by atoms with E-state index in [0.29, 0.717) is 25.0 Å². The van der Waals surface area contributed by atoms with Crippen LogP contribution in [0.15, 0.2) is 46.5 Å². The van der Waals surface area contributed by atoms with Crippen LogP contribution in [0, 0.1) is 0 Å². The molecule has 8 nitrogen and oxygen atoms in total. The third-order valence-corrected chi connectivity index (χ3v) is 7.77. The fourth-order valence-electron chi connectivity index (χ4n) is 3.78. The van der Waals surface area contributed by atoms with Crippen molar-refractivity contribution in [1.82, 2.24) is 24.1 Å². The molecule has 0 radical (unpaired) electrons. The molecule has 3 aliphatic rings. The molecule has 1 amide bonds. The highest BCUT2D eigenvalue weighted by atomic mass is 32.2. The molecule has 1 aromatic heterocycles. The van der Waals surface area contributed by atoms with Crippen LogP contribution in [0.25, 0.3) is 0 Å². The van der Waals surface area contributed by atoms with Crippen LogP contribution in [-0.2, 0) is 4.79 Å². The standard InChI is InChI=1S/C20H24N6O2S2/c1-14(27)24-8-10-25(11-9-24)19-20(22-7-6-21-19)28-16-12-15(13-16)23-26-29-17-4-2-3-5-18(17)30-26/h2-7,15-16,23H,8-13H2,1H3. The second-order valence-corrected chi connectivity index (χ2v) is 9.81. The third kappa shape index (κ3) is 4.22. The normalized spacial score (nSPS) is 23.8. The number of aromatic nitrogens is 2. The summed E-state index contributed by atoms with van der Waals surface area (Å²) in [6.45, 7) is 4.51. The lowest BCUT2D eigenvalue weighted by atomic mass is 9.90. The van der Waals surface area contributed by atoms with Gasteiger partial charge in [0.2, 0.25) is 5.91 Å². The Hall–Kier alpha value is -2.01. The number of rotatable bonds is 5. The Morgan fingerprint density at radius 2 is 1.73 bits per heavy atom. The molecule has 1 saturated carbocycles. The highest BCUT2D eigenvalue weighted by Crippen LogP contribution is 2.45. The Bertz CT molecular complexity index is 893. The van der Waals surface area contributed by atoms with Gasteiger partial charge in [0.15, 0.2) is 5.82 Å². The first-order chi connectivity index (χ1) is 14.7. The lowest BCUT2D eigenvalue weighted by molar-refractivity contribution is -0.129. The molecule has 2 fully saturated rings. The van der Waals surface area contributed by atoms with E-state index >= 15 is 0 Å². The molecule has 0 unspecified atom stereocenters. The van der Waals surface area contributed by atoms with E-state index in [1.807, 2.05) is 4.90 Å². The molecule has 3 heterocycles. The lowest BCUT2D eigenvalue weighted by Crippen LogP contribution is -2.50. The SMILES string of the molecule is CC(=O)N1CCN(c2nccnc2OC2CC(NN3Sc4ccccc4S3)C2)CC1. The van der Waals surface area contributed by atoms with Gasteiger partial charge in [0.05, 0.1) is 0 Å². The molecule has 10 heteroatoms. The summed E-state index contributed by atoms with van der Waals surface area (Å²) in [6, 6.07) is 8.83. The van der Waals surface area contributed by atoms with Crippen LogP contribution in [0.4, 0.5) is 5.82 Å². The molecule has 0 spiro atoms. The van der Waals surface area contributed by atoms with Crippen LogP contribution in [0.3, 0.4) is 0 Å². The van der Waals surface area contributed by atoms with E-state index in [1.165, 1.54) is 9.79 Å². The molecule has 2 aliphatic heterocycles. The van der Waals surface area contributed by atoms with Crippen LogP contribution < -0.4 is 15.1 Å². The van der Waals surface area contributed by atoms with E-state index in [1.54, 1.807) is 43.2 Å². The van der Waals surface area contributed by atoms with Gasteiger partial charge in [-0.3, -0.25) is 4.79 Å². The van der Waals surface area contributed by atoms with Crippen molar-refractivity contribution in [3.05, 3.63) is 36.7 Å². The maximum absolute atomic E-state index is 11.6. The number of amides is 1. The van der Waals surface area contributed by atoms with E-state index in [0.717, 1.165) is 31.7 Å². The number of carbonyl (C=O) groups is 1. The predicted molar refractivity (Wildman–Crippen MR) is 117 cm³/mol. The van der Waals surface area contributed by atoms with Gasteiger partial charge >= 0.3 is 0 Å². The number of benzene rings is 1. The molecule has 1 N–H and O–H groups in total. The Morgan fingerprint density at radius 3 is 2.40 bits per heavy atom. The first-order valence-electron chi connectivity index (χ1n) is 10.1. The summed E-state index contributed by atoms with van der Waals surface area (Å²) in [5.74, 6) is 1.49. The molecule has 0 bridgehead atoms. The van der Waals surface area contributed by atoms with Gasteiger partial charge in [0.1, 0.15) is 6.10 Å². The molecule has 1 aromatic carbocycles. The van der Waals surface area contributed by atoms with Gasteiger partial charge < -0.3 is 14.5 Å². The van der Waals surface area contributed by atoms with Gasteiger partial charge in [-0.2, -0.15) is 0 Å². The van der Waals surface area contributed by atoms with Gasteiger partial charge in [0.25, 0.3) is 5.88 Å². The largest absolute Gasteiger partial charge is 0.472 e. The average Bonchev–Trinajstić information content (AvgIpc) is 3.15. The number of piperazine rings is 1. The second kappa shape index (κ2) is 8.62. The summed E-state index contributed by atoms with van der Waals surface area (Å²) in [5, 5.41) is 0. The fraction of sp³-hybridized carbons (Fsp3) is 0.450. The molecule has 1 aliphatic carbocycles. The monoisotopic (exact) mass is 444 g/mol. The number of nitrogens with zero attached hydrogens (tertiary/aromatic N) is 5. The molecule has 2 aromatic rings. The number of hydrazine groups is 1. The first kappa shape index (κ1) is 19.9. The maximum Gasteiger partial charge on any atom is 0.257 e. The molecule has 158 valence electrons. The summed E-state index contributed by atoms with van der Waals surface area (Å²) < 4.78 is 8.33. The number of anilines is 1. The quantitative estimate of drug-likeness (QED) is 0.701. The van der Waals surface area contributed by atoms with Crippen molar-refractivity contribution in [1.29, 1.82) is 0 Å². The molecule has 5 rings (SSSR count). The summed E-state index contributed by atoms with van der Waals surface area (Å²) in [4.78, 5) is 27.1. The van der Waals surface area contributed by atoms with E-state index < -0.39 is 0 Å². The van der Waals surface area contributed by atoms with Crippen molar-refractivity contribution in [3.63, 3.8) is 0 Å². The van der Waals surface area contributed by atoms with E-state index in [-0.39, 0.29) is 12.0 Å². The number of carbonyl (C=O) groups excluding carboxylic acids is 1. The Morgan fingerprint density at radius 1 is 1.07 bits per heavy atom. The van der Waals surface area contributed by atoms with Gasteiger partial charge in [0, 0.05) is 74.2 Å². The molecule has 1 saturated heterocycles. The van der Waals surface area contributed by atoms with E-state index in [9.17, 15) is 4.79 Å². The number of ether oxygens (including phenoxy) is 1. The topological polar surface area (TPSA) is 73.8 Å². The summed E-state index contributed by atoms with van der Waals surface area (Å²) >= 11 is 3.46. The van der Waals surface area contributed by atoms with Crippen molar-refractivity contribution in [2.45, 2.75) is 41.7 Å². The third-order valence-electron chi connectivity index (χ3n) is 5.54. The minimum Gasteiger partial charge on any atom is -0.472 e. The van der Waals surface area contributed by atoms with Crippen molar-refractivity contribution < 1.29 is 9.53 Å². The highest BCUT2D eigenvalue weighted by molar-refractivity contribution is 8.14. The Balaban J connectivity index is 1.13. The second-order valence-electron chi connectivity index (χ2n) is 7.60. The van der Waals surface area contributed by atoms with Gasteiger partial charge in [-0.05, 0) is 36.0 Å². The predicted octanol–water partition coefficient (Wildman–Crippen LogP) is 2.59. The van der Waals surface area contributed by atoms with Crippen LogP contribution in [0.5, 0.6) is 5.88 Å². The number of nitrogens with one attached hydrogen (secondary N) is 1.